The predicted octanol–water partition coefficient (Wildman–Crippen LogP) is 3.87. The third-order valence-electron chi connectivity index (χ3n) is 5.14. The largest absolute Gasteiger partial charge is 0.416 e. The van der Waals surface area contributed by atoms with Crippen molar-refractivity contribution in [1.29, 1.82) is 0 Å². The van der Waals surface area contributed by atoms with Gasteiger partial charge in [0, 0.05) is 24.6 Å². The van der Waals surface area contributed by atoms with E-state index in [0.29, 0.717) is 19.0 Å². The van der Waals surface area contributed by atoms with Gasteiger partial charge in [0.15, 0.2) is 0 Å². The van der Waals surface area contributed by atoms with E-state index in [0.717, 1.165) is 37.8 Å². The summed E-state index contributed by atoms with van der Waals surface area (Å²) in [7, 11) is 0. The van der Waals surface area contributed by atoms with E-state index in [9.17, 15) is 18.0 Å². The number of hydrogen-bond acceptors (Lipinski definition) is 4. The summed E-state index contributed by atoms with van der Waals surface area (Å²) in [5, 5.41) is 3.80. The number of rotatable bonds is 3. The maximum Gasteiger partial charge on any atom is 0.416 e. The number of aromatic nitrogens is 2. The molecule has 5 nitrogen and oxygen atoms in total. The van der Waals surface area contributed by atoms with Gasteiger partial charge < -0.3 is 9.42 Å². The molecule has 0 atom stereocenters. The Morgan fingerprint density at radius 3 is 2.62 bits per heavy atom. The van der Waals surface area contributed by atoms with E-state index in [1.807, 2.05) is 0 Å². The molecule has 138 valence electrons. The number of benzene rings is 1. The monoisotopic (exact) mass is 365 g/mol. The first-order valence-electron chi connectivity index (χ1n) is 8.72. The number of likely N-dealkylation sites (tertiary alicyclic amines) is 1. The summed E-state index contributed by atoms with van der Waals surface area (Å²) in [6, 6.07) is 4.84. The molecule has 1 aromatic carbocycles. The minimum atomic E-state index is -4.42. The van der Waals surface area contributed by atoms with E-state index in [-0.39, 0.29) is 29.1 Å². The van der Waals surface area contributed by atoms with Gasteiger partial charge in [0.2, 0.25) is 17.6 Å². The molecule has 2 heterocycles. The van der Waals surface area contributed by atoms with E-state index in [1.165, 1.54) is 12.1 Å². The van der Waals surface area contributed by atoms with Crippen LogP contribution < -0.4 is 0 Å². The third kappa shape index (κ3) is 3.20. The van der Waals surface area contributed by atoms with Crippen molar-refractivity contribution in [2.24, 2.45) is 5.92 Å². The Morgan fingerprint density at radius 2 is 1.92 bits per heavy atom. The van der Waals surface area contributed by atoms with Crippen LogP contribution in [0.25, 0.3) is 11.4 Å². The van der Waals surface area contributed by atoms with Crippen molar-refractivity contribution < 1.29 is 22.5 Å². The van der Waals surface area contributed by atoms with Crippen LogP contribution in [0, 0.1) is 5.92 Å². The Balaban J connectivity index is 1.42. The van der Waals surface area contributed by atoms with Crippen LogP contribution >= 0.6 is 0 Å². The average Bonchev–Trinajstić information content (AvgIpc) is 3.25. The number of nitrogens with zero attached hydrogens (tertiary/aromatic N) is 3. The highest BCUT2D eigenvalue weighted by atomic mass is 19.4. The molecule has 0 unspecified atom stereocenters. The Kier molecular flexibility index (Phi) is 4.20. The molecule has 1 saturated carbocycles. The van der Waals surface area contributed by atoms with Gasteiger partial charge in [-0.05, 0) is 25.0 Å². The molecule has 2 aromatic rings. The van der Waals surface area contributed by atoms with Gasteiger partial charge in [-0.3, -0.25) is 4.79 Å². The zero-order valence-corrected chi connectivity index (χ0v) is 14.0. The zero-order chi connectivity index (χ0) is 18.3. The van der Waals surface area contributed by atoms with Gasteiger partial charge >= 0.3 is 6.18 Å². The molecule has 1 aromatic heterocycles. The number of halogens is 3. The molecule has 1 aliphatic carbocycles. The summed E-state index contributed by atoms with van der Waals surface area (Å²) >= 11 is 0. The van der Waals surface area contributed by atoms with Crippen LogP contribution in [0.15, 0.2) is 28.8 Å². The lowest BCUT2D eigenvalue weighted by Crippen LogP contribution is -2.50. The average molecular weight is 365 g/mol. The molecule has 0 bridgehead atoms. The van der Waals surface area contributed by atoms with Crippen LogP contribution in [0.4, 0.5) is 13.2 Å². The van der Waals surface area contributed by atoms with E-state index in [2.05, 4.69) is 10.1 Å². The molecular weight excluding hydrogens is 347 g/mol. The third-order valence-corrected chi connectivity index (χ3v) is 5.14. The van der Waals surface area contributed by atoms with Crippen LogP contribution in [0.5, 0.6) is 0 Å². The first-order chi connectivity index (χ1) is 12.4. The number of hydrogen-bond donors (Lipinski definition) is 0. The predicted molar refractivity (Wildman–Crippen MR) is 86.0 cm³/mol. The Bertz CT molecular complexity index is 806. The van der Waals surface area contributed by atoms with Crippen LogP contribution in [-0.4, -0.2) is 34.0 Å². The molecular formula is C18H18F3N3O2. The maximum absolute atomic E-state index is 12.8. The first kappa shape index (κ1) is 17.1. The summed E-state index contributed by atoms with van der Waals surface area (Å²) in [6.45, 7) is 1.05. The van der Waals surface area contributed by atoms with Gasteiger partial charge in [-0.1, -0.05) is 30.1 Å². The van der Waals surface area contributed by atoms with Crippen molar-refractivity contribution >= 4 is 5.91 Å². The number of carbonyl (C=O) groups is 1. The molecule has 0 spiro atoms. The summed E-state index contributed by atoms with van der Waals surface area (Å²) in [5.74, 6) is 0.780. The van der Waals surface area contributed by atoms with Crippen molar-refractivity contribution in [2.75, 3.05) is 13.1 Å². The normalized spacial score (nSPS) is 19.0. The van der Waals surface area contributed by atoms with Gasteiger partial charge in [-0.15, -0.1) is 0 Å². The Labute approximate surface area is 148 Å². The zero-order valence-electron chi connectivity index (χ0n) is 14.0. The summed E-state index contributed by atoms with van der Waals surface area (Å²) < 4.78 is 43.7. The van der Waals surface area contributed by atoms with Crippen LogP contribution in [0.3, 0.4) is 0 Å². The maximum atomic E-state index is 12.8. The lowest BCUT2D eigenvalue weighted by molar-refractivity contribution is -0.140. The summed E-state index contributed by atoms with van der Waals surface area (Å²) in [6.07, 6.45) is -0.284. The molecule has 4 rings (SSSR count). The standard InChI is InChI=1S/C18H18F3N3O2/c19-18(20,21)14-7-3-6-12(8-14)15-22-16(26-23-15)13-9-24(10-13)17(25)11-4-1-2-5-11/h3,6-8,11,13H,1-2,4-5,9-10H2. The molecule has 8 heteroatoms. The lowest BCUT2D eigenvalue weighted by Gasteiger charge is -2.38. The molecule has 1 saturated heterocycles. The molecule has 0 radical (unpaired) electrons. The van der Waals surface area contributed by atoms with E-state index in [1.54, 1.807) is 4.90 Å². The fourth-order valence-electron chi connectivity index (χ4n) is 3.60. The van der Waals surface area contributed by atoms with Crippen molar-refractivity contribution in [2.45, 2.75) is 37.8 Å². The molecule has 2 fully saturated rings. The quantitative estimate of drug-likeness (QED) is 0.828. The molecule has 0 N–H and O–H groups in total. The second-order valence-electron chi connectivity index (χ2n) is 6.96. The highest BCUT2D eigenvalue weighted by molar-refractivity contribution is 5.80. The van der Waals surface area contributed by atoms with Gasteiger partial charge in [0.1, 0.15) is 0 Å². The highest BCUT2D eigenvalue weighted by Crippen LogP contribution is 2.34. The second kappa shape index (κ2) is 6.41. The van der Waals surface area contributed by atoms with Crippen LogP contribution in [0.2, 0.25) is 0 Å². The molecule has 1 amide bonds. The van der Waals surface area contributed by atoms with E-state index >= 15 is 0 Å². The van der Waals surface area contributed by atoms with Crippen molar-refractivity contribution in [3.05, 3.63) is 35.7 Å². The number of carbonyl (C=O) groups excluding carboxylic acids is 1. The van der Waals surface area contributed by atoms with Gasteiger partial charge in [-0.2, -0.15) is 18.2 Å². The minimum absolute atomic E-state index is 0.0487. The fourth-order valence-corrected chi connectivity index (χ4v) is 3.60. The van der Waals surface area contributed by atoms with Crippen LogP contribution in [-0.2, 0) is 11.0 Å². The van der Waals surface area contributed by atoms with Crippen molar-refractivity contribution in [1.82, 2.24) is 15.0 Å². The molecule has 1 aliphatic heterocycles. The number of amides is 1. The van der Waals surface area contributed by atoms with Gasteiger partial charge in [-0.25, -0.2) is 0 Å². The minimum Gasteiger partial charge on any atom is -0.341 e. The molecule has 2 aliphatic rings. The Hall–Kier alpha value is -2.38. The molecule has 26 heavy (non-hydrogen) atoms. The van der Waals surface area contributed by atoms with Gasteiger partial charge in [0.25, 0.3) is 0 Å². The lowest BCUT2D eigenvalue weighted by atomic mass is 9.96. The Morgan fingerprint density at radius 1 is 1.19 bits per heavy atom. The SMILES string of the molecule is O=C(C1CCCC1)N1CC(c2nc(-c3cccc(C(F)(F)F)c3)no2)C1. The van der Waals surface area contributed by atoms with E-state index < -0.39 is 11.7 Å². The smallest absolute Gasteiger partial charge is 0.341 e. The number of alkyl halides is 3. The summed E-state index contributed by atoms with van der Waals surface area (Å²) in [4.78, 5) is 18.3. The van der Waals surface area contributed by atoms with Gasteiger partial charge in [0.05, 0.1) is 11.5 Å². The first-order valence-corrected chi connectivity index (χ1v) is 8.72. The fraction of sp³-hybridized carbons (Fsp3) is 0.500. The second-order valence-corrected chi connectivity index (χ2v) is 6.96. The van der Waals surface area contributed by atoms with Crippen LogP contribution in [0.1, 0.15) is 43.1 Å². The topological polar surface area (TPSA) is 59.2 Å². The van der Waals surface area contributed by atoms with Crippen molar-refractivity contribution in [3.8, 4) is 11.4 Å². The summed E-state index contributed by atoms with van der Waals surface area (Å²) in [5.41, 5.74) is -0.494. The van der Waals surface area contributed by atoms with E-state index in [4.69, 9.17) is 4.52 Å². The van der Waals surface area contributed by atoms with Crippen molar-refractivity contribution in [3.63, 3.8) is 0 Å². The highest BCUT2D eigenvalue weighted by Gasteiger charge is 2.39.